The van der Waals surface area contributed by atoms with E-state index in [4.69, 9.17) is 34.5 Å². The van der Waals surface area contributed by atoms with E-state index < -0.39 is 5.20 Å². The molecule has 0 bridgehead atoms. The van der Waals surface area contributed by atoms with Gasteiger partial charge in [0.15, 0.2) is 16.9 Å². The van der Waals surface area contributed by atoms with Gasteiger partial charge >= 0.3 is 5.20 Å². The van der Waals surface area contributed by atoms with Crippen LogP contribution in [-0.2, 0) is 4.57 Å². The minimum absolute atomic E-state index is 0. The number of aromatic nitrogens is 8. The number of nitrogen functional groups attached to an aromatic ring is 4. The molecule has 0 saturated carbocycles. The third-order valence-corrected chi connectivity index (χ3v) is 7.63. The molecule has 0 unspecified atom stereocenters. The smallest absolute Gasteiger partial charge is 0.339 e. The Balaban J connectivity index is -0.000000165. The van der Waals surface area contributed by atoms with Gasteiger partial charge in [-0.25, -0.2) is 34.9 Å². The monoisotopic (exact) mass is 1210 g/mol. The summed E-state index contributed by atoms with van der Waals surface area (Å²) in [6.07, 6.45) is 1.67. The molecule has 0 aliphatic rings. The van der Waals surface area contributed by atoms with Crippen LogP contribution in [0.25, 0.3) is 44.1 Å². The van der Waals surface area contributed by atoms with Gasteiger partial charge in [0.25, 0.3) is 5.56 Å². The zero-order valence-corrected chi connectivity index (χ0v) is 44.3. The SMILES string of the molecule is Cc1ccc2c(N)cc(=O)[nH]c2n1.Cc1ccc2c(N)cc(C)nc2n1.Cc1ccc2c(N)cc(Cl)nc2n1.Cc1ccc2c(N)ccnc2n1.Cl.O=P(Cl)(Cl)Cl.[Ar].[Ar].[Ar].[Ar].[Ar].[Ar].[Ar].[Ar]. The summed E-state index contributed by atoms with van der Waals surface area (Å²) < 4.78 is 9.51. The molecule has 8 aromatic heterocycles. The second kappa shape index (κ2) is 40.3. The van der Waals surface area contributed by atoms with Crippen molar-refractivity contribution in [2.45, 2.75) is 34.6 Å². The zero-order valence-electron chi connectivity index (χ0n) is 34.0. The summed E-state index contributed by atoms with van der Waals surface area (Å²) in [4.78, 5) is 43.1. The molecule has 0 aliphatic heterocycles. The summed E-state index contributed by atoms with van der Waals surface area (Å²) in [5.41, 5.74) is 32.5. The van der Waals surface area contributed by atoms with Crippen molar-refractivity contribution < 1.29 is 306 Å². The van der Waals surface area contributed by atoms with Crippen LogP contribution in [-0.4, -0.2) is 39.9 Å². The van der Waals surface area contributed by atoms with E-state index in [1.165, 1.54) is 6.07 Å². The molecule has 0 atom stereocenters. The van der Waals surface area contributed by atoms with Gasteiger partial charge in [0.05, 0.1) is 0 Å². The largest absolute Gasteiger partial charge is 0.398 e. The first kappa shape index (κ1) is 81.4. The van der Waals surface area contributed by atoms with Gasteiger partial charge < -0.3 is 27.9 Å². The van der Waals surface area contributed by atoms with Gasteiger partial charge in [0, 0.05) is 387 Å². The van der Waals surface area contributed by atoms with E-state index in [2.05, 4.69) is 73.6 Å². The third-order valence-electron chi connectivity index (χ3n) is 7.43. The number of rotatable bonds is 0. The van der Waals surface area contributed by atoms with Gasteiger partial charge in [-0.15, -0.1) is 12.4 Å². The van der Waals surface area contributed by atoms with Crippen LogP contribution in [0.1, 0.15) is 28.5 Å². The Kier molecular flexibility index (Phi) is 50.4. The molecule has 0 radical (unpaired) electrons. The number of nitrogens with one attached hydrogen (secondary N) is 1. The number of hydrogen-bond donors (Lipinski definition) is 5. The summed E-state index contributed by atoms with van der Waals surface area (Å²) in [6, 6.07) is 21.9. The first-order valence-electron chi connectivity index (χ1n) is 16.4. The number of aryl methyl sites for hydroxylation is 5. The minimum atomic E-state index is -3.22. The molecule has 0 spiro atoms. The molecule has 0 aromatic carbocycles. The Morgan fingerprint density at radius 3 is 1.31 bits per heavy atom. The molecule has 9 N–H and O–H groups in total. The zero-order chi connectivity index (χ0) is 41.3. The number of halogens is 5. The molecular weight excluding hydrogens is 1170 g/mol. The van der Waals surface area contributed by atoms with Crippen molar-refractivity contribution in [2.24, 2.45) is 0 Å². The van der Waals surface area contributed by atoms with Crippen molar-refractivity contribution in [2.75, 3.05) is 22.9 Å². The standard InChI is InChI=1S/C10H11N3.C9H8ClN3.C9H9N3O.C9H9N3.8Ar.Cl3OP.ClH/c1-6-3-4-8-9(11)5-7(2)13-10(8)12-6;1-5-2-3-6-7(11)4-8(10)13-9(6)12-5;1-5-2-3-6-7(10)4-8(13)12-9(6)11-5;1-6-2-3-7-8(10)4-5-11-9(7)12-6;;;;;;;;;1-5(2,3)4;/h3-5H,1-2H3,(H2,11,12,13);2-4H,1H3,(H2,11,12,13);2-4H,1H3,(H3,10,11,12,13);2-5H,1H3,(H2,10,11,12);;;;;;;;;;1H. The van der Waals surface area contributed by atoms with Crippen LogP contribution in [0.4, 0.5) is 22.7 Å². The summed E-state index contributed by atoms with van der Waals surface area (Å²) in [5.74, 6) is 0. The summed E-state index contributed by atoms with van der Waals surface area (Å²) in [6.45, 7) is 9.56. The van der Waals surface area contributed by atoms with Crippen molar-refractivity contribution in [1.82, 2.24) is 39.9 Å². The average Bonchev–Trinajstić information content (AvgIpc) is 3.07. The first-order chi connectivity index (χ1) is 26.3. The van der Waals surface area contributed by atoms with Gasteiger partial charge in [-0.1, -0.05) is 11.6 Å². The van der Waals surface area contributed by atoms with Gasteiger partial charge in [0.2, 0.25) is 0 Å². The van der Waals surface area contributed by atoms with Gasteiger partial charge in [-0.2, -0.15) is 0 Å². The Labute approximate surface area is 641 Å². The predicted octanol–water partition coefficient (Wildman–Crippen LogP) is 9.57. The van der Waals surface area contributed by atoms with E-state index in [-0.39, 0.29) is 320 Å². The number of hydrogen-bond acceptors (Lipinski definition) is 13. The van der Waals surface area contributed by atoms with E-state index in [9.17, 15) is 9.36 Å². The van der Waals surface area contributed by atoms with Crippen LogP contribution in [0.15, 0.2) is 83.8 Å². The number of nitrogens with zero attached hydrogens (tertiary/aromatic N) is 7. The summed E-state index contributed by atoms with van der Waals surface area (Å²) in [7, 11) is 0. The Morgan fingerprint density at radius 1 is 0.477 bits per heavy atom. The minimum Gasteiger partial charge on any atom is -0.398 e. The van der Waals surface area contributed by atoms with Crippen molar-refractivity contribution in [3.63, 3.8) is 0 Å². The molecule has 0 saturated heterocycles. The van der Waals surface area contributed by atoms with E-state index >= 15 is 0 Å². The quantitative estimate of drug-likeness (QED) is 0.0702. The number of H-pyrrole nitrogens is 1. The number of anilines is 4. The Morgan fingerprint density at radius 2 is 0.831 bits per heavy atom. The number of fused-ring (bicyclic) bond motifs is 4. The van der Waals surface area contributed by atoms with E-state index in [1.807, 2.05) is 89.2 Å². The summed E-state index contributed by atoms with van der Waals surface area (Å²) in [5, 5.41) is 0.627. The fourth-order valence-corrected chi connectivity index (χ4v) is 5.15. The van der Waals surface area contributed by atoms with Gasteiger partial charge in [-0.3, -0.25) is 9.36 Å². The maximum atomic E-state index is 11.0. The average molecular weight is 1210 g/mol. The van der Waals surface area contributed by atoms with Crippen LogP contribution < -0.4 is 28.5 Å². The number of aromatic amines is 1. The van der Waals surface area contributed by atoms with E-state index in [0.717, 1.165) is 72.7 Å². The molecule has 65 heavy (non-hydrogen) atoms. The molecular formula is C37H38Ar8Cl5N12O2P. The molecule has 362 valence electrons. The van der Waals surface area contributed by atoms with Crippen LogP contribution in [0, 0.1) is 337 Å². The van der Waals surface area contributed by atoms with Crippen molar-refractivity contribution in [3.05, 3.63) is 123 Å². The fraction of sp³-hybridized carbons (Fsp3) is 0.135. The maximum Gasteiger partial charge on any atom is 0.339 e. The van der Waals surface area contributed by atoms with E-state index in [1.54, 1.807) is 18.3 Å². The second-order valence-electron chi connectivity index (χ2n) is 12.1. The summed E-state index contributed by atoms with van der Waals surface area (Å²) >= 11 is 19.6. The normalized spacial score (nSPS) is 9.18. The maximum absolute atomic E-state index is 11.0. The first-order valence-corrected chi connectivity index (χ1v) is 21.2. The topological polar surface area (TPSA) is 244 Å². The van der Waals surface area contributed by atoms with Crippen LogP contribution in [0.2, 0.25) is 5.15 Å². The van der Waals surface area contributed by atoms with Crippen LogP contribution in [0.5, 0.6) is 0 Å². The molecule has 14 nitrogen and oxygen atoms in total. The Hall–Kier alpha value is 5.00. The molecule has 8 aromatic rings. The molecule has 0 amide bonds. The number of nitrogens with two attached hydrogens (primary N) is 4. The molecule has 28 heteroatoms. The predicted molar refractivity (Wildman–Crippen MR) is 240 cm³/mol. The second-order valence-corrected chi connectivity index (χ2v) is 19.1. The van der Waals surface area contributed by atoms with Crippen molar-refractivity contribution in [3.8, 4) is 0 Å². The molecule has 0 fully saturated rings. The molecule has 8 rings (SSSR count). The fourth-order valence-electron chi connectivity index (χ4n) is 4.95. The van der Waals surface area contributed by atoms with Crippen molar-refractivity contribution >= 4 is 130 Å². The number of pyridine rings is 8. The Bertz CT molecular complexity index is 2710. The van der Waals surface area contributed by atoms with Crippen LogP contribution >= 0.6 is 62.9 Å². The third kappa shape index (κ3) is 29.2. The van der Waals surface area contributed by atoms with Gasteiger partial charge in [-0.05, 0) is 135 Å². The van der Waals surface area contributed by atoms with E-state index in [0.29, 0.717) is 27.8 Å². The van der Waals surface area contributed by atoms with Crippen molar-refractivity contribution in [1.29, 1.82) is 0 Å². The molecule has 8 heterocycles. The van der Waals surface area contributed by atoms with Gasteiger partial charge in [0.1, 0.15) is 10.8 Å². The molecule has 0 aliphatic carbocycles. The van der Waals surface area contributed by atoms with Crippen LogP contribution in [0.3, 0.4) is 0 Å².